The maximum atomic E-state index is 5.87. The molecular weight excluding hydrogens is 278 g/mol. The highest BCUT2D eigenvalue weighted by Gasteiger charge is 2.14. The molecule has 0 bridgehead atoms. The lowest BCUT2D eigenvalue weighted by atomic mass is 10.2. The molecule has 1 saturated carbocycles. The predicted octanol–water partition coefficient (Wildman–Crippen LogP) is 2.80. The van der Waals surface area contributed by atoms with Crippen LogP contribution in [0.25, 0.3) is 0 Å². The molecule has 0 atom stereocenters. The Bertz CT molecular complexity index is 397. The van der Waals surface area contributed by atoms with Gasteiger partial charge in [-0.25, -0.2) is 4.99 Å². The molecule has 17 heavy (non-hydrogen) atoms. The van der Waals surface area contributed by atoms with Gasteiger partial charge in [0.05, 0.1) is 6.54 Å². The fourth-order valence-corrected chi connectivity index (χ4v) is 2.58. The Labute approximate surface area is 111 Å². The quantitative estimate of drug-likeness (QED) is 0.665. The monoisotopic (exact) mass is 295 g/mol. The van der Waals surface area contributed by atoms with Crippen molar-refractivity contribution >= 4 is 21.9 Å². The number of halogens is 1. The number of guanidine groups is 1. The summed E-state index contributed by atoms with van der Waals surface area (Å²) >= 11 is 3.44. The second-order valence-electron chi connectivity index (χ2n) is 4.46. The first-order valence-electron chi connectivity index (χ1n) is 6.05. The van der Waals surface area contributed by atoms with Gasteiger partial charge in [-0.2, -0.15) is 0 Å². The third-order valence-electron chi connectivity index (χ3n) is 3.03. The first kappa shape index (κ1) is 12.4. The molecule has 0 unspecified atom stereocenters. The van der Waals surface area contributed by atoms with Crippen molar-refractivity contribution in [2.75, 3.05) is 0 Å². The molecule has 3 N–H and O–H groups in total. The molecule has 1 aliphatic rings. The number of nitrogens with zero attached hydrogens (tertiary/aromatic N) is 1. The minimum absolute atomic E-state index is 0.529. The largest absolute Gasteiger partial charge is 0.370 e. The van der Waals surface area contributed by atoms with Gasteiger partial charge in [0, 0.05) is 10.5 Å². The maximum Gasteiger partial charge on any atom is 0.189 e. The molecule has 2 rings (SSSR count). The highest BCUT2D eigenvalue weighted by Crippen LogP contribution is 2.17. The number of hydrogen-bond acceptors (Lipinski definition) is 1. The van der Waals surface area contributed by atoms with E-state index < -0.39 is 0 Å². The summed E-state index contributed by atoms with van der Waals surface area (Å²) in [5, 5.41) is 3.28. The minimum Gasteiger partial charge on any atom is -0.370 e. The smallest absolute Gasteiger partial charge is 0.189 e. The molecule has 0 aliphatic heterocycles. The Kier molecular flexibility index (Phi) is 4.42. The van der Waals surface area contributed by atoms with Crippen molar-refractivity contribution in [3.63, 3.8) is 0 Å². The van der Waals surface area contributed by atoms with E-state index in [0.29, 0.717) is 18.5 Å². The van der Waals surface area contributed by atoms with Crippen LogP contribution in [0.4, 0.5) is 0 Å². The number of benzene rings is 1. The van der Waals surface area contributed by atoms with Crippen LogP contribution in [-0.2, 0) is 6.54 Å². The van der Waals surface area contributed by atoms with Gasteiger partial charge >= 0.3 is 0 Å². The van der Waals surface area contributed by atoms with Crippen LogP contribution in [0.3, 0.4) is 0 Å². The van der Waals surface area contributed by atoms with Crippen molar-refractivity contribution in [2.45, 2.75) is 38.3 Å². The molecule has 1 aromatic rings. The highest BCUT2D eigenvalue weighted by molar-refractivity contribution is 9.10. The van der Waals surface area contributed by atoms with E-state index in [1.54, 1.807) is 0 Å². The predicted molar refractivity (Wildman–Crippen MR) is 74.9 cm³/mol. The van der Waals surface area contributed by atoms with Gasteiger partial charge in [0.1, 0.15) is 0 Å². The Balaban J connectivity index is 1.86. The van der Waals surface area contributed by atoms with Crippen LogP contribution in [0.15, 0.2) is 33.7 Å². The van der Waals surface area contributed by atoms with Crippen molar-refractivity contribution in [1.82, 2.24) is 5.32 Å². The lowest BCUT2D eigenvalue weighted by Gasteiger charge is -2.12. The molecule has 1 aromatic carbocycles. The minimum atomic E-state index is 0.529. The number of rotatable bonds is 3. The van der Waals surface area contributed by atoms with Crippen molar-refractivity contribution in [2.24, 2.45) is 10.7 Å². The zero-order valence-corrected chi connectivity index (χ0v) is 11.4. The van der Waals surface area contributed by atoms with Gasteiger partial charge in [0.15, 0.2) is 5.96 Å². The van der Waals surface area contributed by atoms with Gasteiger partial charge in [0.2, 0.25) is 0 Å². The zero-order valence-electron chi connectivity index (χ0n) is 9.82. The highest BCUT2D eigenvalue weighted by atomic mass is 79.9. The van der Waals surface area contributed by atoms with E-state index in [1.165, 1.54) is 25.7 Å². The van der Waals surface area contributed by atoms with Crippen LogP contribution >= 0.6 is 15.9 Å². The third-order valence-corrected chi connectivity index (χ3v) is 3.52. The van der Waals surface area contributed by atoms with Crippen molar-refractivity contribution in [3.05, 3.63) is 34.3 Å². The van der Waals surface area contributed by atoms with E-state index in [-0.39, 0.29) is 0 Å². The number of nitrogens with one attached hydrogen (secondary N) is 1. The summed E-state index contributed by atoms with van der Waals surface area (Å²) in [6, 6.07) is 8.66. The Hall–Kier alpha value is -1.03. The molecule has 0 spiro atoms. The first-order valence-corrected chi connectivity index (χ1v) is 6.84. The van der Waals surface area contributed by atoms with E-state index in [1.807, 2.05) is 12.1 Å². The summed E-state index contributed by atoms with van der Waals surface area (Å²) in [4.78, 5) is 4.36. The summed E-state index contributed by atoms with van der Waals surface area (Å²) < 4.78 is 1.08. The summed E-state index contributed by atoms with van der Waals surface area (Å²) in [5.41, 5.74) is 7.03. The Morgan fingerprint density at radius 1 is 1.41 bits per heavy atom. The second kappa shape index (κ2) is 6.05. The van der Waals surface area contributed by atoms with Gasteiger partial charge in [-0.05, 0) is 30.5 Å². The fraction of sp³-hybridized carbons (Fsp3) is 0.462. The molecule has 0 aromatic heterocycles. The summed E-state index contributed by atoms with van der Waals surface area (Å²) in [7, 11) is 0. The molecular formula is C13H18BrN3. The maximum absolute atomic E-state index is 5.87. The van der Waals surface area contributed by atoms with Gasteiger partial charge in [-0.1, -0.05) is 40.9 Å². The van der Waals surface area contributed by atoms with Crippen LogP contribution in [0.5, 0.6) is 0 Å². The van der Waals surface area contributed by atoms with E-state index in [2.05, 4.69) is 38.4 Å². The molecule has 92 valence electrons. The van der Waals surface area contributed by atoms with Crippen molar-refractivity contribution < 1.29 is 0 Å². The van der Waals surface area contributed by atoms with E-state index in [9.17, 15) is 0 Å². The summed E-state index contributed by atoms with van der Waals surface area (Å²) in [6.07, 6.45) is 5.04. The number of hydrogen-bond donors (Lipinski definition) is 2. The fourth-order valence-electron chi connectivity index (χ4n) is 2.14. The standard InChI is InChI=1S/C13H18BrN3/c14-11-5-3-4-10(8-11)9-16-13(15)17-12-6-1-2-7-12/h3-5,8,12H,1-2,6-7,9H2,(H3,15,16,17). The Morgan fingerprint density at radius 2 is 2.18 bits per heavy atom. The van der Waals surface area contributed by atoms with Crippen LogP contribution in [0.2, 0.25) is 0 Å². The van der Waals surface area contributed by atoms with Crippen LogP contribution in [-0.4, -0.2) is 12.0 Å². The van der Waals surface area contributed by atoms with Crippen LogP contribution in [0, 0.1) is 0 Å². The normalized spacial score (nSPS) is 17.4. The average molecular weight is 296 g/mol. The van der Waals surface area contributed by atoms with Crippen molar-refractivity contribution in [1.29, 1.82) is 0 Å². The SMILES string of the molecule is NC(=NCc1cccc(Br)c1)NC1CCCC1. The molecule has 0 saturated heterocycles. The first-order chi connectivity index (χ1) is 8.24. The number of aliphatic imine (C=N–C) groups is 1. The lowest BCUT2D eigenvalue weighted by Crippen LogP contribution is -2.38. The van der Waals surface area contributed by atoms with Gasteiger partial charge in [-0.15, -0.1) is 0 Å². The van der Waals surface area contributed by atoms with Crippen LogP contribution < -0.4 is 11.1 Å². The topological polar surface area (TPSA) is 50.4 Å². The van der Waals surface area contributed by atoms with E-state index >= 15 is 0 Å². The molecule has 4 heteroatoms. The lowest BCUT2D eigenvalue weighted by molar-refractivity contribution is 0.625. The van der Waals surface area contributed by atoms with Gasteiger partial charge in [-0.3, -0.25) is 0 Å². The van der Waals surface area contributed by atoms with Crippen molar-refractivity contribution in [3.8, 4) is 0 Å². The second-order valence-corrected chi connectivity index (χ2v) is 5.37. The van der Waals surface area contributed by atoms with Gasteiger partial charge < -0.3 is 11.1 Å². The van der Waals surface area contributed by atoms with E-state index in [0.717, 1.165) is 10.0 Å². The average Bonchev–Trinajstić information content (AvgIpc) is 2.79. The molecule has 1 fully saturated rings. The summed E-state index contributed by atoms with van der Waals surface area (Å²) in [6.45, 7) is 0.630. The molecule has 0 amide bonds. The molecule has 1 aliphatic carbocycles. The zero-order chi connectivity index (χ0) is 12.1. The molecule has 3 nitrogen and oxygen atoms in total. The molecule has 0 radical (unpaired) electrons. The third kappa shape index (κ3) is 4.04. The summed E-state index contributed by atoms with van der Waals surface area (Å²) in [5.74, 6) is 0.567. The van der Waals surface area contributed by atoms with Gasteiger partial charge in [0.25, 0.3) is 0 Å². The van der Waals surface area contributed by atoms with E-state index in [4.69, 9.17) is 5.73 Å². The van der Waals surface area contributed by atoms with Crippen LogP contribution in [0.1, 0.15) is 31.2 Å². The number of nitrogens with two attached hydrogens (primary N) is 1. The molecule has 0 heterocycles. The Morgan fingerprint density at radius 3 is 2.88 bits per heavy atom.